The summed E-state index contributed by atoms with van der Waals surface area (Å²) in [5.41, 5.74) is 35.6. The van der Waals surface area contributed by atoms with Gasteiger partial charge in [0, 0.05) is 34.1 Å². The van der Waals surface area contributed by atoms with Crippen LogP contribution in [0.25, 0.3) is 44.5 Å². The molecule has 80 heavy (non-hydrogen) atoms. The molecule has 11 aromatic rings. The lowest BCUT2D eigenvalue weighted by atomic mass is 9.33. The van der Waals surface area contributed by atoms with Crippen LogP contribution in [0.4, 0.5) is 34.1 Å². The predicted octanol–water partition coefficient (Wildman–Crippen LogP) is 17.4. The average molecular weight is 1020 g/mol. The summed E-state index contributed by atoms with van der Waals surface area (Å²) in [6.07, 6.45) is 0. The lowest BCUT2D eigenvalue weighted by Gasteiger charge is -2.45. The van der Waals surface area contributed by atoms with Gasteiger partial charge < -0.3 is 9.80 Å². The van der Waals surface area contributed by atoms with Crippen LogP contribution in [0.3, 0.4) is 0 Å². The molecule has 2 heterocycles. The van der Waals surface area contributed by atoms with Gasteiger partial charge in [0.15, 0.2) is 0 Å². The number of hydrogen-bond donors (Lipinski definition) is 0. The molecule has 11 aromatic carbocycles. The van der Waals surface area contributed by atoms with Crippen molar-refractivity contribution in [2.24, 2.45) is 0 Å². The van der Waals surface area contributed by atoms with Crippen molar-refractivity contribution in [1.82, 2.24) is 0 Å². The van der Waals surface area contributed by atoms with Crippen LogP contribution < -0.4 is 26.2 Å². The van der Waals surface area contributed by atoms with Gasteiger partial charge in [-0.2, -0.15) is 0 Å². The van der Waals surface area contributed by atoms with E-state index in [9.17, 15) is 0 Å². The first-order chi connectivity index (χ1) is 38.9. The lowest BCUT2D eigenvalue weighted by Crippen LogP contribution is -2.61. The molecule has 0 saturated heterocycles. The zero-order valence-corrected chi connectivity index (χ0v) is 46.4. The molecule has 3 heteroatoms. The molecule has 0 N–H and O–H groups in total. The third-order valence-corrected chi connectivity index (χ3v) is 19.4. The van der Waals surface area contributed by atoms with E-state index in [0.717, 1.165) is 0 Å². The van der Waals surface area contributed by atoms with Crippen LogP contribution in [0.2, 0.25) is 0 Å². The molecule has 0 atom stereocenters. The quantitative estimate of drug-likeness (QED) is 0.159. The van der Waals surface area contributed by atoms with Crippen molar-refractivity contribution in [3.63, 3.8) is 0 Å². The Labute approximate surface area is 470 Å². The maximum atomic E-state index is 2.64. The standard InChI is InChI=1S/C77H59BN2/c1-46-40-71-73-72(41-46)80(50-35-37-66-58(45-50)56-25-13-19-31-64(56)77(66)61-28-16-10-22-53(61)54-23-11-17-29-62(54)77)70-43-48(75(5,6)7)33-39-68(70)78(73)67-38-32-47(74(2,3)4)42-69(67)79(71)49-34-36-65-57(44-49)55-24-12-18-30-63(55)76(65)59-26-14-8-20-51(59)52-21-9-15-27-60(52)76/h8-45H,1-7H3. The first-order valence-electron chi connectivity index (χ1n) is 28.8. The minimum absolute atomic E-state index is 0.00374. The molecule has 2 spiro atoms. The summed E-state index contributed by atoms with van der Waals surface area (Å²) in [5, 5.41) is 0. The Bertz CT molecular complexity index is 4180. The third-order valence-electron chi connectivity index (χ3n) is 19.4. The topological polar surface area (TPSA) is 6.48 Å². The summed E-state index contributed by atoms with van der Waals surface area (Å²) in [4.78, 5) is 5.28. The highest BCUT2D eigenvalue weighted by Gasteiger charge is 2.54. The molecule has 4 aliphatic carbocycles. The maximum absolute atomic E-state index is 2.64. The number of aryl methyl sites for hydroxylation is 1. The monoisotopic (exact) mass is 1020 g/mol. The second-order valence-corrected chi connectivity index (χ2v) is 25.6. The maximum Gasteiger partial charge on any atom is 0.252 e. The fraction of sp³-hybridized carbons (Fsp3) is 0.143. The molecule has 0 unspecified atom stereocenters. The molecule has 6 aliphatic rings. The van der Waals surface area contributed by atoms with Crippen LogP contribution in [0.5, 0.6) is 0 Å². The van der Waals surface area contributed by atoms with Crippen molar-refractivity contribution in [3.05, 3.63) is 292 Å². The third kappa shape index (κ3) is 5.70. The fourth-order valence-corrected chi connectivity index (χ4v) is 16.1. The molecule has 17 rings (SSSR count). The van der Waals surface area contributed by atoms with Gasteiger partial charge in [0.2, 0.25) is 0 Å². The minimum Gasteiger partial charge on any atom is -0.311 e. The van der Waals surface area contributed by atoms with Gasteiger partial charge in [-0.1, -0.05) is 224 Å². The van der Waals surface area contributed by atoms with Gasteiger partial charge in [-0.3, -0.25) is 0 Å². The summed E-state index contributed by atoms with van der Waals surface area (Å²) in [7, 11) is 0. The normalized spacial score (nSPS) is 15.3. The molecule has 0 bridgehead atoms. The molecule has 0 fully saturated rings. The molecule has 0 saturated carbocycles. The number of rotatable bonds is 2. The molecule has 0 amide bonds. The summed E-state index contributed by atoms with van der Waals surface area (Å²) >= 11 is 0. The Morgan fingerprint density at radius 2 is 0.600 bits per heavy atom. The van der Waals surface area contributed by atoms with Crippen molar-refractivity contribution >= 4 is 57.2 Å². The number of hydrogen-bond acceptors (Lipinski definition) is 2. The minimum atomic E-state index is -0.416. The molecule has 2 nitrogen and oxygen atoms in total. The van der Waals surface area contributed by atoms with Crippen LogP contribution in [-0.2, 0) is 21.7 Å². The Morgan fingerprint density at radius 1 is 0.300 bits per heavy atom. The summed E-state index contributed by atoms with van der Waals surface area (Å²) < 4.78 is 0. The van der Waals surface area contributed by atoms with Gasteiger partial charge >= 0.3 is 0 Å². The van der Waals surface area contributed by atoms with E-state index in [2.05, 4.69) is 289 Å². The first kappa shape index (κ1) is 46.0. The molecule has 2 aliphatic heterocycles. The highest BCUT2D eigenvalue weighted by molar-refractivity contribution is 7.00. The number of anilines is 6. The number of benzene rings is 11. The van der Waals surface area contributed by atoms with Gasteiger partial charge in [0.05, 0.1) is 10.8 Å². The van der Waals surface area contributed by atoms with E-state index in [1.165, 1.54) is 156 Å². The van der Waals surface area contributed by atoms with Gasteiger partial charge in [0.25, 0.3) is 6.71 Å². The number of fused-ring (bicyclic) bond motifs is 24. The largest absolute Gasteiger partial charge is 0.311 e. The van der Waals surface area contributed by atoms with Crippen LogP contribution >= 0.6 is 0 Å². The van der Waals surface area contributed by atoms with Crippen molar-refractivity contribution in [1.29, 1.82) is 0 Å². The van der Waals surface area contributed by atoms with E-state index in [1.54, 1.807) is 0 Å². The van der Waals surface area contributed by atoms with Crippen LogP contribution in [0.15, 0.2) is 231 Å². The van der Waals surface area contributed by atoms with Gasteiger partial charge in [0.1, 0.15) is 0 Å². The van der Waals surface area contributed by atoms with E-state index in [1.807, 2.05) is 0 Å². The molecule has 380 valence electrons. The van der Waals surface area contributed by atoms with Crippen molar-refractivity contribution in [2.75, 3.05) is 9.80 Å². The van der Waals surface area contributed by atoms with Crippen molar-refractivity contribution in [3.8, 4) is 44.5 Å². The molecular weight excluding hydrogens is 964 g/mol. The first-order valence-corrected chi connectivity index (χ1v) is 28.8. The van der Waals surface area contributed by atoms with E-state index < -0.39 is 10.8 Å². The van der Waals surface area contributed by atoms with Gasteiger partial charge in [-0.15, -0.1) is 0 Å². The van der Waals surface area contributed by atoms with Crippen molar-refractivity contribution < 1.29 is 0 Å². The molecule has 0 aromatic heterocycles. The highest BCUT2D eigenvalue weighted by Crippen LogP contribution is 2.65. The van der Waals surface area contributed by atoms with Crippen molar-refractivity contribution in [2.45, 2.75) is 70.1 Å². The second kappa shape index (κ2) is 15.7. The highest BCUT2D eigenvalue weighted by atomic mass is 15.2. The Morgan fingerprint density at radius 3 is 0.925 bits per heavy atom. The summed E-state index contributed by atoms with van der Waals surface area (Å²) in [6, 6.07) is 89.7. The summed E-state index contributed by atoms with van der Waals surface area (Å²) in [6.45, 7) is 16.4. The van der Waals surface area contributed by atoms with Gasteiger partial charge in [-0.05, 0) is 188 Å². The van der Waals surface area contributed by atoms with Crippen LogP contribution in [0.1, 0.15) is 103 Å². The van der Waals surface area contributed by atoms with E-state index in [0.29, 0.717) is 0 Å². The van der Waals surface area contributed by atoms with E-state index in [4.69, 9.17) is 0 Å². The molecule has 0 radical (unpaired) electrons. The number of nitrogens with zero attached hydrogens (tertiary/aromatic N) is 2. The SMILES string of the molecule is Cc1cc2c3c(c1)N(c1ccc4c(c1)-c1ccccc1C41c4ccccc4-c4ccccc41)c1cc(C(C)(C)C)ccc1B3c1ccc(C(C)(C)C)cc1N2c1ccc2c(c1)-c1ccccc1C21c2ccccc2-c2ccccc21. The zero-order valence-electron chi connectivity index (χ0n) is 46.4. The lowest BCUT2D eigenvalue weighted by molar-refractivity contribution is 0.590. The molecular formula is C77H59BN2. The van der Waals surface area contributed by atoms with Gasteiger partial charge in [-0.25, -0.2) is 0 Å². The zero-order chi connectivity index (χ0) is 53.8. The Hall–Kier alpha value is -8.92. The Balaban J connectivity index is 0.918. The summed E-state index contributed by atoms with van der Waals surface area (Å²) in [5.74, 6) is 0. The second-order valence-electron chi connectivity index (χ2n) is 25.6. The predicted molar refractivity (Wildman–Crippen MR) is 335 cm³/mol. The smallest absolute Gasteiger partial charge is 0.252 e. The van der Waals surface area contributed by atoms with E-state index in [-0.39, 0.29) is 17.5 Å². The average Bonchev–Trinajstić information content (AvgIpc) is 2.74. The van der Waals surface area contributed by atoms with E-state index >= 15 is 0 Å². The van der Waals surface area contributed by atoms with Crippen LogP contribution in [-0.4, -0.2) is 6.71 Å². The fourth-order valence-electron chi connectivity index (χ4n) is 16.1. The Kier molecular flexibility index (Phi) is 9.02. The van der Waals surface area contributed by atoms with Crippen LogP contribution in [0, 0.1) is 6.92 Å².